The molecule has 0 aliphatic carbocycles. The fraction of sp³-hybridized carbons (Fsp3) is 0.240. The van der Waals surface area contributed by atoms with Crippen LogP contribution in [0, 0.1) is 0 Å². The van der Waals surface area contributed by atoms with Crippen molar-refractivity contribution in [1.29, 1.82) is 0 Å². The lowest BCUT2D eigenvalue weighted by atomic mass is 10.1. The molecule has 0 saturated heterocycles. The van der Waals surface area contributed by atoms with E-state index in [4.69, 9.17) is 0 Å². The van der Waals surface area contributed by atoms with Gasteiger partial charge in [-0.2, -0.15) is 5.10 Å². The first-order chi connectivity index (χ1) is 15.7. The van der Waals surface area contributed by atoms with Crippen LogP contribution in [0.5, 0.6) is 0 Å². The number of carbonyl (C=O) groups excluding carboxylic acids is 1. The third kappa shape index (κ3) is 4.95. The molecule has 0 fully saturated rings. The minimum absolute atomic E-state index is 0.00954. The van der Waals surface area contributed by atoms with Crippen LogP contribution in [0.15, 0.2) is 73.1 Å². The van der Waals surface area contributed by atoms with Crippen LogP contribution in [-0.4, -0.2) is 32.1 Å². The zero-order valence-corrected chi connectivity index (χ0v) is 18.6. The van der Waals surface area contributed by atoms with Crippen LogP contribution in [0.1, 0.15) is 28.1 Å². The molecule has 6 nitrogen and oxygen atoms in total. The molecule has 1 aliphatic rings. The van der Waals surface area contributed by atoms with Crippen molar-refractivity contribution in [3.05, 3.63) is 94.8 Å². The standard InChI is InChI=1S/C25H25N5OS/c31-24(12-11-20-15-26-30(17-20)21-9-5-2-6-10-21)28-25-27-22-13-14-29(18-23(22)32-25)16-19-7-3-1-4-8-19/h1-10,15,17H,11-14,16,18H2,(H,27,28,31). The number of hydrogen-bond donors (Lipinski definition) is 1. The number of nitrogens with one attached hydrogen (secondary N) is 1. The summed E-state index contributed by atoms with van der Waals surface area (Å²) < 4.78 is 1.84. The van der Waals surface area contributed by atoms with Crippen LogP contribution >= 0.6 is 11.3 Å². The molecule has 0 saturated carbocycles. The molecule has 4 aromatic rings. The molecule has 1 aliphatic heterocycles. The monoisotopic (exact) mass is 443 g/mol. The number of fused-ring (bicyclic) bond motifs is 1. The Morgan fingerprint density at radius 3 is 2.62 bits per heavy atom. The molecule has 2 aromatic carbocycles. The van der Waals surface area contributed by atoms with Gasteiger partial charge in [-0.15, -0.1) is 11.3 Å². The fourth-order valence-corrected chi connectivity index (χ4v) is 5.00. The van der Waals surface area contributed by atoms with E-state index in [2.05, 4.69) is 44.6 Å². The summed E-state index contributed by atoms with van der Waals surface area (Å²) in [6.07, 6.45) is 5.78. The molecule has 0 atom stereocenters. The highest BCUT2D eigenvalue weighted by atomic mass is 32.1. The summed E-state index contributed by atoms with van der Waals surface area (Å²) in [6, 6.07) is 20.5. The molecule has 5 rings (SSSR count). The Kier molecular flexibility index (Phi) is 6.09. The van der Waals surface area contributed by atoms with Gasteiger partial charge in [-0.25, -0.2) is 9.67 Å². The Labute approximate surface area is 191 Å². The Bertz CT molecular complexity index is 1190. The molecule has 0 bridgehead atoms. The van der Waals surface area contributed by atoms with Gasteiger partial charge in [-0.3, -0.25) is 9.69 Å². The Balaban J connectivity index is 1.14. The SMILES string of the molecule is O=C(CCc1cnn(-c2ccccc2)c1)Nc1nc2c(s1)CN(Cc1ccccc1)CC2. The largest absolute Gasteiger partial charge is 0.302 e. The maximum absolute atomic E-state index is 12.5. The quantitative estimate of drug-likeness (QED) is 0.458. The Hall–Kier alpha value is -3.29. The highest BCUT2D eigenvalue weighted by Gasteiger charge is 2.21. The minimum atomic E-state index is -0.00954. The summed E-state index contributed by atoms with van der Waals surface area (Å²) in [5, 5.41) is 8.10. The van der Waals surface area contributed by atoms with Gasteiger partial charge < -0.3 is 5.32 Å². The molecule has 2 aromatic heterocycles. The lowest BCUT2D eigenvalue weighted by Gasteiger charge is -2.25. The number of carbonyl (C=O) groups is 1. The number of anilines is 1. The number of hydrogen-bond acceptors (Lipinski definition) is 5. The van der Waals surface area contributed by atoms with Gasteiger partial charge in [0.15, 0.2) is 5.13 Å². The number of aryl methyl sites for hydroxylation is 1. The number of rotatable bonds is 7. The molecule has 0 spiro atoms. The van der Waals surface area contributed by atoms with Crippen LogP contribution in [0.25, 0.3) is 5.69 Å². The van der Waals surface area contributed by atoms with E-state index in [0.717, 1.165) is 43.0 Å². The average Bonchev–Trinajstić information content (AvgIpc) is 3.45. The van der Waals surface area contributed by atoms with Crippen molar-refractivity contribution in [3.8, 4) is 5.69 Å². The number of thiazole rings is 1. The zero-order valence-electron chi connectivity index (χ0n) is 17.8. The molecule has 0 radical (unpaired) electrons. The molecular formula is C25H25N5OS. The van der Waals surface area contributed by atoms with E-state index in [1.165, 1.54) is 10.4 Å². The topological polar surface area (TPSA) is 63.1 Å². The highest BCUT2D eigenvalue weighted by molar-refractivity contribution is 7.15. The summed E-state index contributed by atoms with van der Waals surface area (Å²) in [6.45, 7) is 2.82. The summed E-state index contributed by atoms with van der Waals surface area (Å²) in [7, 11) is 0. The van der Waals surface area contributed by atoms with E-state index in [-0.39, 0.29) is 5.91 Å². The van der Waals surface area contributed by atoms with E-state index in [9.17, 15) is 4.79 Å². The van der Waals surface area contributed by atoms with Crippen LogP contribution in [0.4, 0.5) is 5.13 Å². The lowest BCUT2D eigenvalue weighted by molar-refractivity contribution is -0.116. The van der Waals surface area contributed by atoms with Gasteiger partial charge in [0.05, 0.1) is 17.6 Å². The third-order valence-corrected chi connectivity index (χ3v) is 6.60. The second-order valence-electron chi connectivity index (χ2n) is 8.01. The second-order valence-corrected chi connectivity index (χ2v) is 9.10. The second kappa shape index (κ2) is 9.46. The van der Waals surface area contributed by atoms with Crippen molar-refractivity contribution < 1.29 is 4.79 Å². The third-order valence-electron chi connectivity index (χ3n) is 5.60. The maximum atomic E-state index is 12.5. The van der Waals surface area contributed by atoms with Crippen LogP contribution in [0.2, 0.25) is 0 Å². The number of benzene rings is 2. The maximum Gasteiger partial charge on any atom is 0.226 e. The van der Waals surface area contributed by atoms with Crippen molar-refractivity contribution in [2.45, 2.75) is 32.4 Å². The normalized spacial score (nSPS) is 13.6. The summed E-state index contributed by atoms with van der Waals surface area (Å²) in [5.41, 5.74) is 4.50. The van der Waals surface area contributed by atoms with E-state index in [1.54, 1.807) is 11.3 Å². The first-order valence-corrected chi connectivity index (χ1v) is 11.7. The molecule has 1 N–H and O–H groups in total. The molecule has 1 amide bonds. The summed E-state index contributed by atoms with van der Waals surface area (Å²) in [5.74, 6) is -0.00954. The van der Waals surface area contributed by atoms with E-state index in [0.29, 0.717) is 18.0 Å². The number of amides is 1. The zero-order chi connectivity index (χ0) is 21.8. The molecule has 0 unspecified atom stereocenters. The van der Waals surface area contributed by atoms with Crippen molar-refractivity contribution in [1.82, 2.24) is 19.7 Å². The van der Waals surface area contributed by atoms with E-state index < -0.39 is 0 Å². The average molecular weight is 444 g/mol. The summed E-state index contributed by atoms with van der Waals surface area (Å²) in [4.78, 5) is 20.9. The smallest absolute Gasteiger partial charge is 0.226 e. The number of nitrogens with zero attached hydrogens (tertiary/aromatic N) is 4. The number of para-hydroxylation sites is 1. The lowest BCUT2D eigenvalue weighted by Crippen LogP contribution is -2.29. The molecule has 32 heavy (non-hydrogen) atoms. The van der Waals surface area contributed by atoms with Gasteiger partial charge in [0.25, 0.3) is 0 Å². The van der Waals surface area contributed by atoms with Crippen molar-refractivity contribution in [2.75, 3.05) is 11.9 Å². The Morgan fingerprint density at radius 2 is 1.81 bits per heavy atom. The van der Waals surface area contributed by atoms with Crippen molar-refractivity contribution in [3.63, 3.8) is 0 Å². The highest BCUT2D eigenvalue weighted by Crippen LogP contribution is 2.29. The first-order valence-electron chi connectivity index (χ1n) is 10.9. The van der Waals surface area contributed by atoms with Gasteiger partial charge in [0.1, 0.15) is 0 Å². The van der Waals surface area contributed by atoms with Crippen LogP contribution < -0.4 is 5.32 Å². The predicted molar refractivity (Wildman–Crippen MR) is 127 cm³/mol. The Morgan fingerprint density at radius 1 is 1.03 bits per heavy atom. The van der Waals surface area contributed by atoms with Crippen LogP contribution in [-0.2, 0) is 30.7 Å². The molecule has 7 heteroatoms. The van der Waals surface area contributed by atoms with Gasteiger partial charge in [-0.1, -0.05) is 48.5 Å². The van der Waals surface area contributed by atoms with E-state index in [1.807, 2.05) is 53.5 Å². The minimum Gasteiger partial charge on any atom is -0.302 e. The van der Waals surface area contributed by atoms with E-state index >= 15 is 0 Å². The van der Waals surface area contributed by atoms with Gasteiger partial charge >= 0.3 is 0 Å². The molecule has 3 heterocycles. The fourth-order valence-electron chi connectivity index (χ4n) is 3.93. The number of aromatic nitrogens is 3. The van der Waals surface area contributed by atoms with Gasteiger partial charge in [-0.05, 0) is 29.7 Å². The predicted octanol–water partition coefficient (Wildman–Crippen LogP) is 4.46. The van der Waals surface area contributed by atoms with Gasteiger partial charge in [0, 0.05) is 43.5 Å². The molecular weight excluding hydrogens is 418 g/mol. The molecule has 162 valence electrons. The van der Waals surface area contributed by atoms with Crippen LogP contribution in [0.3, 0.4) is 0 Å². The van der Waals surface area contributed by atoms with Crippen molar-refractivity contribution >= 4 is 22.4 Å². The van der Waals surface area contributed by atoms with Crippen molar-refractivity contribution in [2.24, 2.45) is 0 Å². The summed E-state index contributed by atoms with van der Waals surface area (Å²) >= 11 is 1.60. The van der Waals surface area contributed by atoms with Gasteiger partial charge in [0.2, 0.25) is 5.91 Å². The first kappa shape index (κ1) is 20.6.